The lowest BCUT2D eigenvalue weighted by molar-refractivity contribution is -0.120. The standard InChI is InChI=1S/C3H5ClN2O2/c1-5-3(7)2(4)6-8/h2H,1H3,(H,5,7). The van der Waals surface area contributed by atoms with Crippen LogP contribution in [0.25, 0.3) is 0 Å². The lowest BCUT2D eigenvalue weighted by Crippen LogP contribution is -2.25. The van der Waals surface area contributed by atoms with E-state index < -0.39 is 11.4 Å². The number of nitrogens with one attached hydrogen (secondary N) is 1. The fourth-order valence-corrected chi connectivity index (χ4v) is 0.276. The third-order valence-corrected chi connectivity index (χ3v) is 0.833. The van der Waals surface area contributed by atoms with Gasteiger partial charge in [-0.1, -0.05) is 11.6 Å². The molecule has 0 radical (unpaired) electrons. The summed E-state index contributed by atoms with van der Waals surface area (Å²) in [5.74, 6) is -0.582. The Kier molecular flexibility index (Phi) is 3.10. The van der Waals surface area contributed by atoms with E-state index in [-0.39, 0.29) is 0 Å². The number of alkyl halides is 1. The minimum Gasteiger partial charge on any atom is -0.356 e. The lowest BCUT2D eigenvalue weighted by atomic mass is 10.6. The molecule has 0 aromatic rings. The van der Waals surface area contributed by atoms with Crippen LogP contribution in [-0.2, 0) is 4.79 Å². The largest absolute Gasteiger partial charge is 0.356 e. The fourth-order valence-electron chi connectivity index (χ4n) is 0.167. The van der Waals surface area contributed by atoms with Crippen molar-refractivity contribution in [1.29, 1.82) is 0 Å². The Labute approximate surface area is 51.2 Å². The Morgan fingerprint density at radius 3 is 2.50 bits per heavy atom. The molecule has 1 unspecified atom stereocenters. The fraction of sp³-hybridized carbons (Fsp3) is 0.667. The molecular formula is C3H5ClN2O2. The van der Waals surface area contributed by atoms with Gasteiger partial charge in [-0.2, -0.15) is 0 Å². The highest BCUT2D eigenvalue weighted by Crippen LogP contribution is 1.94. The number of amides is 1. The number of nitroso groups, excluding NO2 is 1. The van der Waals surface area contributed by atoms with E-state index >= 15 is 0 Å². The first kappa shape index (κ1) is 7.36. The van der Waals surface area contributed by atoms with Gasteiger partial charge >= 0.3 is 0 Å². The van der Waals surface area contributed by atoms with Crippen molar-refractivity contribution in [3.05, 3.63) is 4.91 Å². The van der Waals surface area contributed by atoms with E-state index in [4.69, 9.17) is 11.6 Å². The molecule has 8 heavy (non-hydrogen) atoms. The average Bonchev–Trinajstić information content (AvgIpc) is 1.84. The van der Waals surface area contributed by atoms with Gasteiger partial charge in [0.25, 0.3) is 5.91 Å². The second kappa shape index (κ2) is 3.37. The maximum absolute atomic E-state index is 10.2. The molecule has 0 rings (SSSR count). The Hall–Kier alpha value is -0.640. The van der Waals surface area contributed by atoms with Gasteiger partial charge in [0.2, 0.25) is 5.50 Å². The van der Waals surface area contributed by atoms with Crippen LogP contribution in [0.4, 0.5) is 0 Å². The predicted molar refractivity (Wildman–Crippen MR) is 29.5 cm³/mol. The van der Waals surface area contributed by atoms with E-state index in [1.54, 1.807) is 0 Å². The van der Waals surface area contributed by atoms with Gasteiger partial charge in [-0.25, -0.2) is 0 Å². The summed E-state index contributed by atoms with van der Waals surface area (Å²) >= 11 is 5.02. The molecule has 0 aliphatic rings. The molecule has 0 bridgehead atoms. The molecule has 1 atom stereocenters. The van der Waals surface area contributed by atoms with Gasteiger partial charge in [0.1, 0.15) is 0 Å². The van der Waals surface area contributed by atoms with Gasteiger partial charge in [0.15, 0.2) is 0 Å². The molecule has 0 heterocycles. The molecule has 1 amide bonds. The number of carbonyl (C=O) groups is 1. The van der Waals surface area contributed by atoms with Crippen LogP contribution in [0.5, 0.6) is 0 Å². The van der Waals surface area contributed by atoms with Gasteiger partial charge in [-0.3, -0.25) is 4.79 Å². The van der Waals surface area contributed by atoms with Crippen molar-refractivity contribution in [2.45, 2.75) is 5.50 Å². The lowest BCUT2D eigenvalue weighted by Gasteiger charge is -1.94. The van der Waals surface area contributed by atoms with Gasteiger partial charge in [0.05, 0.1) is 0 Å². The summed E-state index contributed by atoms with van der Waals surface area (Å²) in [5, 5.41) is 4.41. The predicted octanol–water partition coefficient (Wildman–Crippen LogP) is 0.0637. The van der Waals surface area contributed by atoms with E-state index in [0.29, 0.717) is 0 Å². The molecule has 0 aromatic carbocycles. The number of rotatable bonds is 2. The van der Waals surface area contributed by atoms with Crippen molar-refractivity contribution in [2.24, 2.45) is 5.18 Å². The topological polar surface area (TPSA) is 58.5 Å². The zero-order chi connectivity index (χ0) is 6.57. The van der Waals surface area contributed by atoms with Crippen LogP contribution in [0, 0.1) is 4.91 Å². The highest BCUT2D eigenvalue weighted by molar-refractivity contribution is 6.30. The second-order valence-corrected chi connectivity index (χ2v) is 1.47. The molecule has 0 fully saturated rings. The molecule has 0 aromatic heterocycles. The number of likely N-dealkylation sites (N-methyl/N-ethyl adjacent to an activating group) is 1. The number of carbonyl (C=O) groups excluding carboxylic acids is 1. The van der Waals surface area contributed by atoms with Crippen molar-refractivity contribution in [3.63, 3.8) is 0 Å². The average molecular weight is 137 g/mol. The van der Waals surface area contributed by atoms with Crippen molar-refractivity contribution in [3.8, 4) is 0 Å². The second-order valence-electron chi connectivity index (χ2n) is 1.06. The normalized spacial score (nSPS) is 12.2. The SMILES string of the molecule is CNC(=O)C(Cl)N=O. The van der Waals surface area contributed by atoms with Crippen LogP contribution < -0.4 is 5.32 Å². The summed E-state index contributed by atoms with van der Waals surface area (Å²) in [5.41, 5.74) is -1.29. The molecular weight excluding hydrogens is 131 g/mol. The van der Waals surface area contributed by atoms with Crippen LogP contribution in [0.2, 0.25) is 0 Å². The summed E-state index contributed by atoms with van der Waals surface area (Å²) in [6.45, 7) is 0. The minimum absolute atomic E-state index is 0.582. The van der Waals surface area contributed by atoms with Crippen LogP contribution in [0.3, 0.4) is 0 Å². The smallest absolute Gasteiger partial charge is 0.263 e. The van der Waals surface area contributed by atoms with E-state index in [1.165, 1.54) is 7.05 Å². The first-order valence-corrected chi connectivity index (χ1v) is 2.34. The first-order valence-electron chi connectivity index (χ1n) is 1.90. The maximum atomic E-state index is 10.2. The summed E-state index contributed by atoms with van der Waals surface area (Å²) in [7, 11) is 1.38. The highest BCUT2D eigenvalue weighted by atomic mass is 35.5. The zero-order valence-corrected chi connectivity index (χ0v) is 4.97. The molecule has 0 saturated heterocycles. The highest BCUT2D eigenvalue weighted by Gasteiger charge is 2.11. The van der Waals surface area contributed by atoms with Gasteiger partial charge in [0, 0.05) is 7.05 Å². The molecule has 4 nitrogen and oxygen atoms in total. The quantitative estimate of drug-likeness (QED) is 0.332. The van der Waals surface area contributed by atoms with Crippen molar-refractivity contribution >= 4 is 17.5 Å². The summed E-state index contributed by atoms with van der Waals surface area (Å²) in [6, 6.07) is 0. The van der Waals surface area contributed by atoms with Crippen molar-refractivity contribution < 1.29 is 4.79 Å². The number of hydrogen-bond donors (Lipinski definition) is 1. The molecule has 0 spiro atoms. The summed E-state index contributed by atoms with van der Waals surface area (Å²) < 4.78 is 0. The molecule has 1 N–H and O–H groups in total. The Morgan fingerprint density at radius 1 is 1.88 bits per heavy atom. The number of halogens is 1. The van der Waals surface area contributed by atoms with Crippen LogP contribution in [-0.4, -0.2) is 18.5 Å². The third-order valence-electron chi connectivity index (χ3n) is 0.555. The van der Waals surface area contributed by atoms with Crippen molar-refractivity contribution in [2.75, 3.05) is 7.05 Å². The maximum Gasteiger partial charge on any atom is 0.263 e. The monoisotopic (exact) mass is 136 g/mol. The Balaban J connectivity index is 3.62. The van der Waals surface area contributed by atoms with E-state index in [2.05, 4.69) is 10.5 Å². The van der Waals surface area contributed by atoms with Gasteiger partial charge < -0.3 is 5.32 Å². The summed E-state index contributed by atoms with van der Waals surface area (Å²) in [6.07, 6.45) is 0. The zero-order valence-electron chi connectivity index (χ0n) is 4.22. The molecule has 5 heteroatoms. The third kappa shape index (κ3) is 1.88. The van der Waals surface area contributed by atoms with Crippen molar-refractivity contribution in [1.82, 2.24) is 5.32 Å². The molecule has 0 aliphatic heterocycles. The molecule has 0 aliphatic carbocycles. The Bertz CT molecular complexity index is 105. The van der Waals surface area contributed by atoms with Crippen LogP contribution >= 0.6 is 11.6 Å². The van der Waals surface area contributed by atoms with E-state index in [0.717, 1.165) is 0 Å². The number of nitrogens with zero attached hydrogens (tertiary/aromatic N) is 1. The van der Waals surface area contributed by atoms with Gasteiger partial charge in [-0.05, 0) is 5.18 Å². The molecule has 46 valence electrons. The Morgan fingerprint density at radius 2 is 2.38 bits per heavy atom. The number of hydrogen-bond acceptors (Lipinski definition) is 3. The van der Waals surface area contributed by atoms with Crippen LogP contribution in [0.1, 0.15) is 0 Å². The van der Waals surface area contributed by atoms with Crippen LogP contribution in [0.15, 0.2) is 5.18 Å². The van der Waals surface area contributed by atoms with E-state index in [1.807, 2.05) is 0 Å². The van der Waals surface area contributed by atoms with E-state index in [9.17, 15) is 9.70 Å². The first-order chi connectivity index (χ1) is 3.72. The minimum atomic E-state index is -1.29. The van der Waals surface area contributed by atoms with Gasteiger partial charge in [-0.15, -0.1) is 4.91 Å². The summed E-state index contributed by atoms with van der Waals surface area (Å²) in [4.78, 5) is 19.7. The molecule has 0 saturated carbocycles.